The number of benzene rings is 2. The zero-order valence-electron chi connectivity index (χ0n) is 14.0. The first-order valence-corrected chi connectivity index (χ1v) is 7.90. The highest BCUT2D eigenvalue weighted by Crippen LogP contribution is 2.34. The normalized spacial score (nSPS) is 13.2. The fraction of sp³-hybridized carbons (Fsp3) is 0.263. The highest BCUT2D eigenvalue weighted by atomic mass is 16.5. The van der Waals surface area contributed by atoms with Crippen LogP contribution in [0.1, 0.15) is 29.8 Å². The predicted octanol–water partition coefficient (Wildman–Crippen LogP) is 3.45. The van der Waals surface area contributed by atoms with E-state index < -0.39 is 0 Å². The number of fused-ring (bicyclic) bond motifs is 1. The van der Waals surface area contributed by atoms with Gasteiger partial charge >= 0.3 is 0 Å². The Morgan fingerprint density at radius 3 is 2.62 bits per heavy atom. The summed E-state index contributed by atoms with van der Waals surface area (Å²) in [5.74, 6) is 0.312. The zero-order chi connectivity index (χ0) is 17.3. The second-order valence-electron chi connectivity index (χ2n) is 6.08. The molecule has 0 fully saturated rings. The van der Waals surface area contributed by atoms with Crippen LogP contribution in [0.3, 0.4) is 0 Å². The van der Waals surface area contributed by atoms with Crippen LogP contribution in [0.25, 0.3) is 0 Å². The molecule has 0 atom stereocenters. The van der Waals surface area contributed by atoms with Gasteiger partial charge in [-0.3, -0.25) is 9.59 Å². The Hall–Kier alpha value is -2.82. The third-order valence-corrected chi connectivity index (χ3v) is 4.10. The summed E-state index contributed by atoms with van der Waals surface area (Å²) >= 11 is 0. The van der Waals surface area contributed by atoms with E-state index in [2.05, 4.69) is 5.32 Å². The number of hydrogen-bond acceptors (Lipinski definition) is 3. The number of anilines is 2. The first-order valence-electron chi connectivity index (χ1n) is 7.90. The second kappa shape index (κ2) is 6.35. The van der Waals surface area contributed by atoms with Crippen LogP contribution in [0.15, 0.2) is 42.5 Å². The van der Waals surface area contributed by atoms with Crippen molar-refractivity contribution in [2.45, 2.75) is 20.4 Å². The number of rotatable bonds is 4. The van der Waals surface area contributed by atoms with Crippen LogP contribution in [-0.2, 0) is 11.3 Å². The molecule has 1 aliphatic heterocycles. The number of methoxy groups -OCH3 is 1. The van der Waals surface area contributed by atoms with Crippen LogP contribution in [-0.4, -0.2) is 18.9 Å². The van der Waals surface area contributed by atoms with Gasteiger partial charge in [-0.1, -0.05) is 32.0 Å². The lowest BCUT2D eigenvalue weighted by molar-refractivity contribution is -0.118. The number of carbonyl (C=O) groups excluding carboxylic acids is 2. The summed E-state index contributed by atoms with van der Waals surface area (Å²) in [7, 11) is 1.55. The van der Waals surface area contributed by atoms with Crippen molar-refractivity contribution in [2.24, 2.45) is 5.92 Å². The van der Waals surface area contributed by atoms with Crippen molar-refractivity contribution >= 4 is 23.2 Å². The Labute approximate surface area is 141 Å². The van der Waals surface area contributed by atoms with E-state index in [0.717, 1.165) is 16.8 Å². The van der Waals surface area contributed by atoms with Gasteiger partial charge < -0.3 is 15.0 Å². The van der Waals surface area contributed by atoms with Crippen molar-refractivity contribution < 1.29 is 14.3 Å². The SMILES string of the molecule is COc1cc(N2Cc3ccccc3C2=O)ccc1NC(=O)C(C)C. The standard InChI is InChI=1S/C19H20N2O3/c1-12(2)18(22)20-16-9-8-14(10-17(16)24-3)21-11-13-6-4-5-7-15(13)19(21)23/h4-10,12H,11H2,1-3H3,(H,20,22). The van der Waals surface area contributed by atoms with Gasteiger partial charge in [-0.2, -0.15) is 0 Å². The summed E-state index contributed by atoms with van der Waals surface area (Å²) in [5, 5.41) is 2.84. The predicted molar refractivity (Wildman–Crippen MR) is 93.4 cm³/mol. The summed E-state index contributed by atoms with van der Waals surface area (Å²) in [5.41, 5.74) is 3.09. The fourth-order valence-corrected chi connectivity index (χ4v) is 2.69. The van der Waals surface area contributed by atoms with E-state index in [4.69, 9.17) is 4.74 Å². The quantitative estimate of drug-likeness (QED) is 0.937. The summed E-state index contributed by atoms with van der Waals surface area (Å²) in [6.07, 6.45) is 0. The van der Waals surface area contributed by atoms with Crippen LogP contribution in [0.4, 0.5) is 11.4 Å². The third-order valence-electron chi connectivity index (χ3n) is 4.10. The summed E-state index contributed by atoms with van der Waals surface area (Å²) in [6.45, 7) is 4.20. The first kappa shape index (κ1) is 16.1. The highest BCUT2D eigenvalue weighted by Gasteiger charge is 2.28. The molecular formula is C19H20N2O3. The van der Waals surface area contributed by atoms with Gasteiger partial charge in [0.1, 0.15) is 5.75 Å². The van der Waals surface area contributed by atoms with Gasteiger partial charge in [0.15, 0.2) is 0 Å². The molecule has 2 aromatic rings. The van der Waals surface area contributed by atoms with Crippen LogP contribution in [0.2, 0.25) is 0 Å². The maximum Gasteiger partial charge on any atom is 0.258 e. The number of nitrogens with one attached hydrogen (secondary N) is 1. The molecule has 124 valence electrons. The van der Waals surface area contributed by atoms with E-state index in [1.165, 1.54) is 0 Å². The zero-order valence-corrected chi connectivity index (χ0v) is 14.0. The molecular weight excluding hydrogens is 304 g/mol. The van der Waals surface area contributed by atoms with E-state index in [9.17, 15) is 9.59 Å². The monoisotopic (exact) mass is 324 g/mol. The Kier molecular flexibility index (Phi) is 4.25. The van der Waals surface area contributed by atoms with E-state index in [1.54, 1.807) is 24.1 Å². The van der Waals surface area contributed by atoms with Crippen molar-refractivity contribution in [1.29, 1.82) is 0 Å². The van der Waals surface area contributed by atoms with E-state index in [0.29, 0.717) is 18.0 Å². The minimum atomic E-state index is -0.121. The van der Waals surface area contributed by atoms with Crippen molar-refractivity contribution in [3.63, 3.8) is 0 Å². The molecule has 3 rings (SSSR count). The van der Waals surface area contributed by atoms with E-state index in [1.807, 2.05) is 44.2 Å². The largest absolute Gasteiger partial charge is 0.494 e. The number of ether oxygens (including phenoxy) is 1. The Morgan fingerprint density at radius 1 is 1.21 bits per heavy atom. The van der Waals surface area contributed by atoms with Crippen molar-refractivity contribution in [3.8, 4) is 5.75 Å². The topological polar surface area (TPSA) is 58.6 Å². The smallest absolute Gasteiger partial charge is 0.258 e. The number of carbonyl (C=O) groups is 2. The molecule has 2 aromatic carbocycles. The van der Waals surface area contributed by atoms with Gasteiger partial charge in [0.25, 0.3) is 5.91 Å². The highest BCUT2D eigenvalue weighted by molar-refractivity contribution is 6.10. The van der Waals surface area contributed by atoms with Gasteiger partial charge in [-0.05, 0) is 23.8 Å². The second-order valence-corrected chi connectivity index (χ2v) is 6.08. The molecule has 0 radical (unpaired) electrons. The molecule has 0 aromatic heterocycles. The molecule has 24 heavy (non-hydrogen) atoms. The van der Waals surface area contributed by atoms with Gasteiger partial charge in [0.2, 0.25) is 5.91 Å². The van der Waals surface area contributed by atoms with Gasteiger partial charge in [-0.15, -0.1) is 0 Å². The molecule has 1 N–H and O–H groups in total. The molecule has 1 heterocycles. The Balaban J connectivity index is 1.89. The number of nitrogens with zero attached hydrogens (tertiary/aromatic N) is 1. The van der Waals surface area contributed by atoms with Crippen LogP contribution in [0, 0.1) is 5.92 Å². The fourth-order valence-electron chi connectivity index (χ4n) is 2.69. The summed E-state index contributed by atoms with van der Waals surface area (Å²) in [4.78, 5) is 26.2. The molecule has 0 unspecified atom stereocenters. The van der Waals surface area contributed by atoms with Gasteiger partial charge in [0, 0.05) is 23.2 Å². The minimum absolute atomic E-state index is 0.0216. The maximum atomic E-state index is 12.6. The molecule has 0 spiro atoms. The average molecular weight is 324 g/mol. The lowest BCUT2D eigenvalue weighted by atomic mass is 10.1. The maximum absolute atomic E-state index is 12.6. The molecule has 1 aliphatic rings. The number of amides is 2. The van der Waals surface area contributed by atoms with E-state index in [-0.39, 0.29) is 17.7 Å². The molecule has 0 aliphatic carbocycles. The lowest BCUT2D eigenvalue weighted by Crippen LogP contribution is -2.23. The summed E-state index contributed by atoms with van der Waals surface area (Å²) < 4.78 is 5.39. The molecule has 5 heteroatoms. The van der Waals surface area contributed by atoms with Gasteiger partial charge in [0.05, 0.1) is 19.3 Å². The average Bonchev–Trinajstić information content (AvgIpc) is 2.92. The van der Waals surface area contributed by atoms with Crippen LogP contribution >= 0.6 is 0 Å². The lowest BCUT2D eigenvalue weighted by Gasteiger charge is -2.19. The molecule has 2 amide bonds. The molecule has 5 nitrogen and oxygen atoms in total. The van der Waals surface area contributed by atoms with Crippen LogP contribution in [0.5, 0.6) is 5.75 Å². The minimum Gasteiger partial charge on any atom is -0.494 e. The third kappa shape index (κ3) is 2.85. The molecule has 0 saturated carbocycles. The van der Waals surface area contributed by atoms with E-state index >= 15 is 0 Å². The van der Waals surface area contributed by atoms with Crippen molar-refractivity contribution in [2.75, 3.05) is 17.3 Å². The molecule has 0 bridgehead atoms. The molecule has 0 saturated heterocycles. The Bertz CT molecular complexity index is 799. The van der Waals surface area contributed by atoms with Crippen LogP contribution < -0.4 is 15.0 Å². The van der Waals surface area contributed by atoms with Crippen molar-refractivity contribution in [3.05, 3.63) is 53.6 Å². The van der Waals surface area contributed by atoms with Gasteiger partial charge in [-0.25, -0.2) is 0 Å². The Morgan fingerprint density at radius 2 is 1.96 bits per heavy atom. The number of hydrogen-bond donors (Lipinski definition) is 1. The van der Waals surface area contributed by atoms with Crippen molar-refractivity contribution in [1.82, 2.24) is 0 Å². The first-order chi connectivity index (χ1) is 11.5. The summed E-state index contributed by atoms with van der Waals surface area (Å²) in [6, 6.07) is 13.0.